The van der Waals surface area contributed by atoms with E-state index in [-0.39, 0.29) is 6.61 Å². The lowest BCUT2D eigenvalue weighted by Crippen LogP contribution is -2.33. The third kappa shape index (κ3) is 6.67. The molecular weight excluding hydrogens is 216 g/mol. The molecule has 0 aliphatic rings. The predicted octanol–water partition coefficient (Wildman–Crippen LogP) is 2.45. The minimum atomic E-state index is -4.13. The summed E-state index contributed by atoms with van der Waals surface area (Å²) in [5.41, 5.74) is 0. The van der Waals surface area contributed by atoms with Gasteiger partial charge in [0.15, 0.2) is 0 Å². The van der Waals surface area contributed by atoms with Crippen LogP contribution in [-0.2, 0) is 4.74 Å². The molecule has 15 heavy (non-hydrogen) atoms. The van der Waals surface area contributed by atoms with Gasteiger partial charge >= 0.3 is 12.3 Å². The van der Waals surface area contributed by atoms with Gasteiger partial charge in [0.05, 0.1) is 12.7 Å². The highest BCUT2D eigenvalue weighted by atomic mass is 19.3. The van der Waals surface area contributed by atoms with Crippen molar-refractivity contribution in [1.29, 1.82) is 0 Å². The van der Waals surface area contributed by atoms with Gasteiger partial charge in [0.25, 0.3) is 0 Å². The lowest BCUT2D eigenvalue weighted by Gasteiger charge is -2.16. The number of hydrogen-bond donors (Lipinski definition) is 1. The molecule has 2 nitrogen and oxygen atoms in total. The molecule has 0 bridgehead atoms. The lowest BCUT2D eigenvalue weighted by molar-refractivity contribution is -0.170. The number of aliphatic hydroxyl groups excluding tert-OH is 1. The maximum atomic E-state index is 12.3. The van der Waals surface area contributed by atoms with Crippen molar-refractivity contribution >= 4 is 0 Å². The summed E-state index contributed by atoms with van der Waals surface area (Å²) in [6.45, 7) is 0.231. The van der Waals surface area contributed by atoms with Gasteiger partial charge in [0.1, 0.15) is 6.61 Å². The molecule has 0 saturated carbocycles. The Morgan fingerprint density at radius 3 is 2.40 bits per heavy atom. The van der Waals surface area contributed by atoms with Crippen molar-refractivity contribution in [1.82, 2.24) is 0 Å². The molecule has 0 saturated heterocycles. The predicted molar refractivity (Wildman–Crippen MR) is 47.3 cm³/mol. The first-order chi connectivity index (χ1) is 6.90. The second kappa shape index (κ2) is 7.00. The van der Waals surface area contributed by atoms with E-state index in [0.717, 1.165) is 12.8 Å². The van der Waals surface area contributed by atoms with E-state index in [9.17, 15) is 17.6 Å². The highest BCUT2D eigenvalue weighted by Crippen LogP contribution is 2.22. The summed E-state index contributed by atoms with van der Waals surface area (Å²) in [5, 5.41) is 9.16. The zero-order valence-corrected chi connectivity index (χ0v) is 8.56. The van der Waals surface area contributed by atoms with Crippen molar-refractivity contribution in [3.05, 3.63) is 0 Å². The molecule has 0 aromatic carbocycles. The van der Waals surface area contributed by atoms with Crippen molar-refractivity contribution in [2.75, 3.05) is 13.2 Å². The largest absolute Gasteiger partial charge is 0.391 e. The second-order valence-electron chi connectivity index (χ2n) is 3.37. The average Bonchev–Trinajstić information content (AvgIpc) is 2.14. The van der Waals surface area contributed by atoms with Gasteiger partial charge in [-0.2, -0.15) is 8.78 Å². The SMILES string of the molecule is CCCCC(O)COCC(F)(F)C(F)F. The summed E-state index contributed by atoms with van der Waals surface area (Å²) in [6.07, 6.45) is -2.56. The summed E-state index contributed by atoms with van der Waals surface area (Å²) in [6, 6.07) is 0. The topological polar surface area (TPSA) is 29.5 Å². The molecule has 0 aromatic heterocycles. The van der Waals surface area contributed by atoms with Crippen LogP contribution in [-0.4, -0.2) is 36.8 Å². The first-order valence-corrected chi connectivity index (χ1v) is 4.82. The molecule has 6 heteroatoms. The molecule has 0 aliphatic heterocycles. The van der Waals surface area contributed by atoms with E-state index < -0.39 is 25.1 Å². The number of unbranched alkanes of at least 4 members (excludes halogenated alkanes) is 1. The summed E-state index contributed by atoms with van der Waals surface area (Å²) in [4.78, 5) is 0. The van der Waals surface area contributed by atoms with Crippen LogP contribution in [0.1, 0.15) is 26.2 Å². The number of rotatable bonds is 8. The maximum absolute atomic E-state index is 12.3. The molecule has 1 unspecified atom stereocenters. The first-order valence-electron chi connectivity index (χ1n) is 4.82. The molecule has 0 fully saturated rings. The number of aliphatic hydroxyl groups is 1. The van der Waals surface area contributed by atoms with E-state index in [1.807, 2.05) is 6.92 Å². The van der Waals surface area contributed by atoms with Crippen LogP contribution in [0.25, 0.3) is 0 Å². The van der Waals surface area contributed by atoms with E-state index in [2.05, 4.69) is 4.74 Å². The highest BCUT2D eigenvalue weighted by molar-refractivity contribution is 4.68. The van der Waals surface area contributed by atoms with Crippen LogP contribution in [0.5, 0.6) is 0 Å². The van der Waals surface area contributed by atoms with Gasteiger partial charge in [-0.1, -0.05) is 19.8 Å². The van der Waals surface area contributed by atoms with Gasteiger partial charge in [0.2, 0.25) is 0 Å². The van der Waals surface area contributed by atoms with E-state index in [1.165, 1.54) is 0 Å². The van der Waals surface area contributed by atoms with Crippen molar-refractivity contribution in [2.45, 2.75) is 44.6 Å². The molecule has 0 radical (unpaired) electrons. The quantitative estimate of drug-likeness (QED) is 0.651. The Labute approximate surface area is 86.2 Å². The van der Waals surface area contributed by atoms with E-state index in [4.69, 9.17) is 5.11 Å². The van der Waals surface area contributed by atoms with Gasteiger partial charge < -0.3 is 9.84 Å². The molecule has 1 atom stereocenters. The van der Waals surface area contributed by atoms with Crippen LogP contribution in [0.2, 0.25) is 0 Å². The van der Waals surface area contributed by atoms with Gasteiger partial charge in [-0.3, -0.25) is 0 Å². The van der Waals surface area contributed by atoms with Crippen molar-refractivity contribution in [3.8, 4) is 0 Å². The number of halogens is 4. The Balaban J connectivity index is 3.60. The Hall–Kier alpha value is -0.360. The fraction of sp³-hybridized carbons (Fsp3) is 1.00. The zero-order valence-electron chi connectivity index (χ0n) is 8.56. The summed E-state index contributed by atoms with van der Waals surface area (Å²) in [5.74, 6) is -4.13. The third-order valence-electron chi connectivity index (χ3n) is 1.81. The fourth-order valence-corrected chi connectivity index (χ4v) is 0.917. The number of hydrogen-bond acceptors (Lipinski definition) is 2. The molecule has 0 spiro atoms. The normalized spacial score (nSPS) is 14.6. The molecule has 0 aromatic rings. The first kappa shape index (κ1) is 14.6. The summed E-state index contributed by atoms with van der Waals surface area (Å²) < 4.78 is 52.2. The average molecular weight is 232 g/mol. The zero-order chi connectivity index (χ0) is 11.9. The molecule has 0 aliphatic carbocycles. The van der Waals surface area contributed by atoms with Crippen LogP contribution in [0.3, 0.4) is 0 Å². The van der Waals surface area contributed by atoms with Crippen LogP contribution < -0.4 is 0 Å². The minimum Gasteiger partial charge on any atom is -0.391 e. The molecule has 0 rings (SSSR count). The Morgan fingerprint density at radius 2 is 1.93 bits per heavy atom. The standard InChI is InChI=1S/C9H16F4O2/c1-2-3-4-7(14)5-15-6-9(12,13)8(10)11/h7-8,14H,2-6H2,1H3. The summed E-state index contributed by atoms with van der Waals surface area (Å²) >= 11 is 0. The lowest BCUT2D eigenvalue weighted by atomic mass is 10.2. The molecule has 0 amide bonds. The summed E-state index contributed by atoms with van der Waals surface area (Å²) in [7, 11) is 0. The van der Waals surface area contributed by atoms with Crippen LogP contribution in [0, 0.1) is 0 Å². The van der Waals surface area contributed by atoms with Crippen molar-refractivity contribution in [2.24, 2.45) is 0 Å². The maximum Gasteiger partial charge on any atom is 0.330 e. The number of alkyl halides is 4. The molecule has 92 valence electrons. The van der Waals surface area contributed by atoms with Crippen LogP contribution >= 0.6 is 0 Å². The smallest absolute Gasteiger partial charge is 0.330 e. The minimum absolute atomic E-state index is 0.331. The Bertz CT molecular complexity index is 164. The van der Waals surface area contributed by atoms with Gasteiger partial charge in [-0.05, 0) is 6.42 Å². The molecule has 1 N–H and O–H groups in total. The van der Waals surface area contributed by atoms with E-state index >= 15 is 0 Å². The monoisotopic (exact) mass is 232 g/mol. The van der Waals surface area contributed by atoms with E-state index in [1.54, 1.807) is 0 Å². The fourth-order valence-electron chi connectivity index (χ4n) is 0.917. The van der Waals surface area contributed by atoms with Crippen LogP contribution in [0.4, 0.5) is 17.6 Å². The molecular formula is C9H16F4O2. The van der Waals surface area contributed by atoms with Gasteiger partial charge in [0, 0.05) is 0 Å². The van der Waals surface area contributed by atoms with Gasteiger partial charge in [-0.15, -0.1) is 0 Å². The van der Waals surface area contributed by atoms with Crippen molar-refractivity contribution < 1.29 is 27.4 Å². The molecule has 0 heterocycles. The van der Waals surface area contributed by atoms with E-state index in [0.29, 0.717) is 6.42 Å². The Morgan fingerprint density at radius 1 is 1.33 bits per heavy atom. The van der Waals surface area contributed by atoms with Gasteiger partial charge in [-0.25, -0.2) is 8.78 Å². The Kier molecular flexibility index (Phi) is 6.84. The number of ether oxygens (including phenoxy) is 1. The van der Waals surface area contributed by atoms with Crippen LogP contribution in [0.15, 0.2) is 0 Å². The second-order valence-corrected chi connectivity index (χ2v) is 3.37. The van der Waals surface area contributed by atoms with Crippen molar-refractivity contribution in [3.63, 3.8) is 0 Å². The highest BCUT2D eigenvalue weighted by Gasteiger charge is 2.41. The third-order valence-corrected chi connectivity index (χ3v) is 1.81.